The van der Waals surface area contributed by atoms with Crippen LogP contribution in [0.25, 0.3) is 0 Å². The zero-order valence-corrected chi connectivity index (χ0v) is 10.7. The molecule has 1 atom stereocenters. The molecule has 5 nitrogen and oxygen atoms in total. The van der Waals surface area contributed by atoms with Gasteiger partial charge in [-0.15, -0.1) is 0 Å². The monoisotopic (exact) mass is 250 g/mol. The maximum atomic E-state index is 11.6. The average Bonchev–Trinajstić information content (AvgIpc) is 2.39. The van der Waals surface area contributed by atoms with Gasteiger partial charge in [0.05, 0.1) is 37.3 Å². The van der Waals surface area contributed by atoms with E-state index >= 15 is 0 Å². The number of anilines is 2. The number of hydrogen-bond acceptors (Lipinski definition) is 5. The molecule has 0 aliphatic carbocycles. The molecule has 0 bridgehead atoms. The van der Waals surface area contributed by atoms with E-state index < -0.39 is 5.97 Å². The van der Waals surface area contributed by atoms with Gasteiger partial charge >= 0.3 is 5.97 Å². The van der Waals surface area contributed by atoms with Crippen molar-refractivity contribution in [3.8, 4) is 0 Å². The summed E-state index contributed by atoms with van der Waals surface area (Å²) in [6, 6.07) is 5.66. The van der Waals surface area contributed by atoms with Gasteiger partial charge in [0.25, 0.3) is 0 Å². The molecule has 1 unspecified atom stereocenters. The first-order valence-electron chi connectivity index (χ1n) is 5.96. The van der Waals surface area contributed by atoms with Crippen molar-refractivity contribution in [3.05, 3.63) is 23.8 Å². The summed E-state index contributed by atoms with van der Waals surface area (Å²) in [7, 11) is 1.35. The van der Waals surface area contributed by atoms with Gasteiger partial charge in [0.2, 0.25) is 0 Å². The zero-order chi connectivity index (χ0) is 13.1. The highest BCUT2D eigenvalue weighted by Gasteiger charge is 2.23. The van der Waals surface area contributed by atoms with Gasteiger partial charge < -0.3 is 20.1 Å². The number of carbonyl (C=O) groups is 1. The van der Waals surface area contributed by atoms with Gasteiger partial charge in [0.15, 0.2) is 0 Å². The first kappa shape index (κ1) is 12.7. The normalized spacial score (nSPS) is 19.7. The summed E-state index contributed by atoms with van der Waals surface area (Å²) in [5.74, 6) is -0.407. The third kappa shape index (κ3) is 2.26. The Morgan fingerprint density at radius 3 is 3.00 bits per heavy atom. The summed E-state index contributed by atoms with van der Waals surface area (Å²) in [4.78, 5) is 13.8. The lowest BCUT2D eigenvalue weighted by Crippen LogP contribution is -2.44. The van der Waals surface area contributed by atoms with Crippen LogP contribution in [-0.4, -0.2) is 38.9 Å². The molecule has 0 saturated carbocycles. The van der Waals surface area contributed by atoms with Crippen LogP contribution in [0.4, 0.5) is 11.4 Å². The summed E-state index contributed by atoms with van der Waals surface area (Å²) >= 11 is 0. The fourth-order valence-corrected chi connectivity index (χ4v) is 2.18. The van der Waals surface area contributed by atoms with E-state index in [4.69, 9.17) is 15.2 Å². The van der Waals surface area contributed by atoms with Crippen molar-refractivity contribution in [1.82, 2.24) is 0 Å². The zero-order valence-electron chi connectivity index (χ0n) is 10.7. The molecule has 1 aromatic rings. The number of morpholine rings is 1. The molecule has 1 fully saturated rings. The largest absolute Gasteiger partial charge is 0.465 e. The molecule has 1 saturated heterocycles. The summed E-state index contributed by atoms with van der Waals surface area (Å²) in [6.07, 6.45) is 0. The Kier molecular flexibility index (Phi) is 3.72. The fraction of sp³-hybridized carbons (Fsp3) is 0.462. The van der Waals surface area contributed by atoms with Crippen molar-refractivity contribution in [2.75, 3.05) is 37.5 Å². The fourth-order valence-electron chi connectivity index (χ4n) is 2.18. The van der Waals surface area contributed by atoms with Crippen LogP contribution in [0, 0.1) is 0 Å². The second-order valence-electron chi connectivity index (χ2n) is 4.35. The molecule has 2 N–H and O–H groups in total. The number of methoxy groups -OCH3 is 1. The number of carbonyl (C=O) groups excluding carboxylic acids is 1. The van der Waals surface area contributed by atoms with Crippen LogP contribution >= 0.6 is 0 Å². The number of hydrogen-bond donors (Lipinski definition) is 1. The van der Waals surface area contributed by atoms with E-state index in [1.807, 2.05) is 12.1 Å². The van der Waals surface area contributed by atoms with Crippen LogP contribution < -0.4 is 10.6 Å². The number of rotatable bonds is 2. The second kappa shape index (κ2) is 5.27. The van der Waals surface area contributed by atoms with E-state index in [-0.39, 0.29) is 6.04 Å². The van der Waals surface area contributed by atoms with E-state index in [1.54, 1.807) is 6.07 Å². The molecular formula is C13H18N2O3. The first-order chi connectivity index (χ1) is 8.65. The Labute approximate surface area is 106 Å². The Bertz CT molecular complexity index is 448. The van der Waals surface area contributed by atoms with Crippen molar-refractivity contribution in [2.45, 2.75) is 13.0 Å². The SMILES string of the molecule is COC(=O)c1cccc(N2CCOCC2C)c1N. The number of nitrogens with two attached hydrogens (primary N) is 1. The maximum Gasteiger partial charge on any atom is 0.340 e. The van der Waals surface area contributed by atoms with Gasteiger partial charge in [0.1, 0.15) is 0 Å². The van der Waals surface area contributed by atoms with E-state index in [0.29, 0.717) is 24.5 Å². The highest BCUT2D eigenvalue weighted by Crippen LogP contribution is 2.29. The van der Waals surface area contributed by atoms with Crippen LogP contribution in [0.1, 0.15) is 17.3 Å². The topological polar surface area (TPSA) is 64.8 Å². The Morgan fingerprint density at radius 1 is 1.56 bits per heavy atom. The lowest BCUT2D eigenvalue weighted by atomic mass is 10.1. The number of para-hydroxylation sites is 1. The van der Waals surface area contributed by atoms with Crippen LogP contribution in [0.2, 0.25) is 0 Å². The Morgan fingerprint density at radius 2 is 2.33 bits per heavy atom. The molecule has 1 aromatic carbocycles. The summed E-state index contributed by atoms with van der Waals surface area (Å²) in [5, 5.41) is 0. The number of ether oxygens (including phenoxy) is 2. The Balaban J connectivity index is 2.36. The third-order valence-corrected chi connectivity index (χ3v) is 3.17. The number of nitrogens with zero attached hydrogens (tertiary/aromatic N) is 1. The minimum atomic E-state index is -0.407. The number of esters is 1. The molecule has 0 radical (unpaired) electrons. The molecule has 1 heterocycles. The van der Waals surface area contributed by atoms with Crippen molar-refractivity contribution in [1.29, 1.82) is 0 Å². The lowest BCUT2D eigenvalue weighted by molar-refractivity contribution is 0.0602. The molecule has 18 heavy (non-hydrogen) atoms. The predicted molar refractivity (Wildman–Crippen MR) is 69.8 cm³/mol. The van der Waals surface area contributed by atoms with Gasteiger partial charge in [-0.25, -0.2) is 4.79 Å². The Hall–Kier alpha value is -1.75. The number of benzene rings is 1. The van der Waals surface area contributed by atoms with E-state index in [1.165, 1.54) is 7.11 Å². The van der Waals surface area contributed by atoms with Crippen LogP contribution in [0.5, 0.6) is 0 Å². The van der Waals surface area contributed by atoms with Crippen molar-refractivity contribution < 1.29 is 14.3 Å². The first-order valence-corrected chi connectivity index (χ1v) is 5.96. The van der Waals surface area contributed by atoms with Gasteiger partial charge in [-0.3, -0.25) is 0 Å². The predicted octanol–water partition coefficient (Wildman–Crippen LogP) is 1.28. The van der Waals surface area contributed by atoms with Crippen molar-refractivity contribution in [2.24, 2.45) is 0 Å². The standard InChI is InChI=1S/C13H18N2O3/c1-9-8-18-7-6-15(9)11-5-3-4-10(12(11)14)13(16)17-2/h3-5,9H,6-8,14H2,1-2H3. The molecule has 5 heteroatoms. The van der Waals surface area contributed by atoms with Crippen LogP contribution in [0.15, 0.2) is 18.2 Å². The summed E-state index contributed by atoms with van der Waals surface area (Å²) in [6.45, 7) is 4.19. The van der Waals surface area contributed by atoms with Crippen molar-refractivity contribution in [3.63, 3.8) is 0 Å². The molecule has 0 aromatic heterocycles. The molecule has 1 aliphatic rings. The van der Waals surface area contributed by atoms with Gasteiger partial charge in [-0.2, -0.15) is 0 Å². The maximum absolute atomic E-state index is 11.6. The van der Waals surface area contributed by atoms with Crippen LogP contribution in [0.3, 0.4) is 0 Å². The van der Waals surface area contributed by atoms with Gasteiger partial charge in [0, 0.05) is 12.6 Å². The summed E-state index contributed by atoms with van der Waals surface area (Å²) < 4.78 is 10.1. The van der Waals surface area contributed by atoms with Crippen LogP contribution in [-0.2, 0) is 9.47 Å². The minimum absolute atomic E-state index is 0.244. The number of nitrogen functional groups attached to an aromatic ring is 1. The smallest absolute Gasteiger partial charge is 0.340 e. The highest BCUT2D eigenvalue weighted by molar-refractivity contribution is 5.98. The third-order valence-electron chi connectivity index (χ3n) is 3.17. The molecular weight excluding hydrogens is 232 g/mol. The van der Waals surface area contributed by atoms with Gasteiger partial charge in [-0.1, -0.05) is 6.07 Å². The van der Waals surface area contributed by atoms with E-state index in [0.717, 1.165) is 12.2 Å². The molecule has 2 rings (SSSR count). The highest BCUT2D eigenvalue weighted by atomic mass is 16.5. The second-order valence-corrected chi connectivity index (χ2v) is 4.35. The minimum Gasteiger partial charge on any atom is -0.465 e. The molecule has 0 amide bonds. The van der Waals surface area contributed by atoms with E-state index in [9.17, 15) is 4.79 Å². The van der Waals surface area contributed by atoms with E-state index in [2.05, 4.69) is 11.8 Å². The molecule has 1 aliphatic heterocycles. The molecule has 98 valence electrons. The van der Waals surface area contributed by atoms with Gasteiger partial charge in [-0.05, 0) is 19.1 Å². The summed E-state index contributed by atoms with van der Waals surface area (Å²) in [5.41, 5.74) is 7.82. The molecule has 0 spiro atoms. The lowest BCUT2D eigenvalue weighted by Gasteiger charge is -2.36. The quantitative estimate of drug-likeness (QED) is 0.632. The van der Waals surface area contributed by atoms with Crippen molar-refractivity contribution >= 4 is 17.3 Å². The average molecular weight is 250 g/mol.